The van der Waals surface area contributed by atoms with Gasteiger partial charge in [-0.05, 0) is 74.5 Å². The Morgan fingerprint density at radius 3 is 1.74 bits per heavy atom. The van der Waals surface area contributed by atoms with Crippen LogP contribution in [-0.4, -0.2) is 169 Å². The van der Waals surface area contributed by atoms with E-state index < -0.39 is 123 Å². The minimum Gasteiger partial charge on any atom is -0.432 e. The average Bonchev–Trinajstić information content (AvgIpc) is 3.13. The van der Waals surface area contributed by atoms with Gasteiger partial charge in [0, 0.05) is 0 Å². The highest BCUT2D eigenvalue weighted by Crippen LogP contribution is 2.68. The second kappa shape index (κ2) is 16.1. The molecule has 0 aromatic rings. The molecular formula is C37H60O17. The second-order valence-corrected chi connectivity index (χ2v) is 17.3. The van der Waals surface area contributed by atoms with E-state index in [0.717, 1.165) is 44.9 Å². The fourth-order valence-corrected chi connectivity index (χ4v) is 10.9. The van der Waals surface area contributed by atoms with E-state index in [1.165, 1.54) is 5.57 Å². The van der Waals surface area contributed by atoms with E-state index in [0.29, 0.717) is 12.3 Å². The van der Waals surface area contributed by atoms with Crippen molar-refractivity contribution >= 4 is 5.97 Å². The van der Waals surface area contributed by atoms with E-state index in [-0.39, 0.29) is 16.7 Å². The summed E-state index contributed by atoms with van der Waals surface area (Å²) in [7, 11) is 0. The summed E-state index contributed by atoms with van der Waals surface area (Å²) in [5.74, 6) is -0.376. The number of aliphatic hydroxyl groups excluding tert-OH is 10. The molecule has 0 amide bonds. The van der Waals surface area contributed by atoms with Crippen LogP contribution in [0.2, 0.25) is 0 Å². The first-order valence-electron chi connectivity index (χ1n) is 19.2. The van der Waals surface area contributed by atoms with Gasteiger partial charge in [-0.25, -0.2) is 0 Å². The molecule has 0 spiro atoms. The Bertz CT molecular complexity index is 1330. The molecule has 0 aromatic heterocycles. The van der Waals surface area contributed by atoms with Gasteiger partial charge in [0.15, 0.2) is 18.7 Å². The van der Waals surface area contributed by atoms with Crippen LogP contribution in [-0.2, 0) is 33.2 Å². The summed E-state index contributed by atoms with van der Waals surface area (Å²) in [6.07, 6.45) is -19.6. The number of allylic oxidation sites excluding steroid dienone is 1. The molecule has 54 heavy (non-hydrogen) atoms. The van der Waals surface area contributed by atoms with E-state index in [1.807, 2.05) is 6.92 Å². The van der Waals surface area contributed by atoms with Crippen molar-refractivity contribution in [2.24, 2.45) is 28.1 Å². The number of esters is 1. The summed E-state index contributed by atoms with van der Waals surface area (Å²) in [4.78, 5) is 14.7. The van der Waals surface area contributed by atoms with Crippen LogP contribution in [0.1, 0.15) is 72.1 Å². The molecule has 310 valence electrons. The smallest absolute Gasteiger partial charge is 0.314 e. The van der Waals surface area contributed by atoms with Crippen molar-refractivity contribution in [2.75, 3.05) is 19.8 Å². The minimum atomic E-state index is -1.94. The zero-order valence-electron chi connectivity index (χ0n) is 31.1. The Morgan fingerprint density at radius 1 is 0.667 bits per heavy atom. The second-order valence-electron chi connectivity index (χ2n) is 17.3. The third-order valence-corrected chi connectivity index (χ3v) is 13.8. The molecule has 3 saturated heterocycles. The molecule has 16 unspecified atom stereocenters. The van der Waals surface area contributed by atoms with Crippen LogP contribution in [0.4, 0.5) is 0 Å². The zero-order valence-corrected chi connectivity index (χ0v) is 31.1. The molecule has 6 rings (SSSR count). The molecule has 0 aromatic carbocycles. The van der Waals surface area contributed by atoms with Crippen molar-refractivity contribution in [1.82, 2.24) is 0 Å². The summed E-state index contributed by atoms with van der Waals surface area (Å²) < 4.78 is 35.3. The largest absolute Gasteiger partial charge is 0.432 e. The highest BCUT2D eigenvalue weighted by atomic mass is 16.8. The van der Waals surface area contributed by atoms with Crippen LogP contribution in [0.15, 0.2) is 12.2 Å². The van der Waals surface area contributed by atoms with Gasteiger partial charge in [-0.15, -0.1) is 0 Å². The lowest BCUT2D eigenvalue weighted by Gasteiger charge is -2.64. The van der Waals surface area contributed by atoms with Crippen molar-refractivity contribution in [3.8, 4) is 0 Å². The monoisotopic (exact) mass is 776 g/mol. The van der Waals surface area contributed by atoms with Crippen molar-refractivity contribution in [2.45, 2.75) is 164 Å². The molecule has 0 radical (unpaired) electrons. The van der Waals surface area contributed by atoms with Gasteiger partial charge >= 0.3 is 5.97 Å². The van der Waals surface area contributed by atoms with Gasteiger partial charge in [0.05, 0.1) is 25.2 Å². The van der Waals surface area contributed by atoms with Gasteiger partial charge in [0.2, 0.25) is 6.29 Å². The van der Waals surface area contributed by atoms with Crippen LogP contribution in [0, 0.1) is 28.1 Å². The lowest BCUT2D eigenvalue weighted by molar-refractivity contribution is -0.388. The summed E-state index contributed by atoms with van der Waals surface area (Å²) in [6.45, 7) is 8.34. The highest BCUT2D eigenvalue weighted by Gasteiger charge is 2.63. The summed E-state index contributed by atoms with van der Waals surface area (Å²) in [5.41, 5.74) is 0.0876. The highest BCUT2D eigenvalue weighted by molar-refractivity contribution is 5.77. The van der Waals surface area contributed by atoms with E-state index in [1.54, 1.807) is 0 Å². The van der Waals surface area contributed by atoms with Crippen LogP contribution >= 0.6 is 0 Å². The van der Waals surface area contributed by atoms with Gasteiger partial charge < -0.3 is 79.5 Å². The summed E-state index contributed by atoms with van der Waals surface area (Å²) in [6, 6.07) is 0. The van der Waals surface area contributed by atoms with Crippen LogP contribution in [0.5, 0.6) is 0 Å². The fourth-order valence-electron chi connectivity index (χ4n) is 10.9. The molecule has 3 aliphatic carbocycles. The Labute approximate surface area is 314 Å². The molecular weight excluding hydrogens is 716 g/mol. The number of fused-ring (bicyclic) bond motifs is 3. The Hall–Kier alpha value is -1.39. The minimum absolute atomic E-state index is 0.0546. The number of hydrogen-bond donors (Lipinski definition) is 10. The third-order valence-electron chi connectivity index (χ3n) is 13.8. The van der Waals surface area contributed by atoms with Crippen molar-refractivity contribution in [3.05, 3.63) is 12.2 Å². The molecule has 3 saturated carbocycles. The van der Waals surface area contributed by atoms with Gasteiger partial charge in [-0.2, -0.15) is 0 Å². The number of ether oxygens (including phenoxy) is 6. The van der Waals surface area contributed by atoms with Crippen molar-refractivity contribution < 1.29 is 84.3 Å². The van der Waals surface area contributed by atoms with E-state index in [9.17, 15) is 55.9 Å². The Balaban J connectivity index is 1.32. The number of carbonyl (C=O) groups is 1. The molecule has 6 aliphatic rings. The lowest BCUT2D eigenvalue weighted by Crippen LogP contribution is -2.67. The molecule has 3 heterocycles. The Morgan fingerprint density at radius 2 is 1.19 bits per heavy atom. The lowest BCUT2D eigenvalue weighted by atomic mass is 9.40. The van der Waals surface area contributed by atoms with Gasteiger partial charge in [-0.3, -0.25) is 4.79 Å². The number of aliphatic hydroxyl groups is 10. The van der Waals surface area contributed by atoms with Gasteiger partial charge in [0.1, 0.15) is 67.1 Å². The number of rotatable bonds is 9. The summed E-state index contributed by atoms with van der Waals surface area (Å²) >= 11 is 0. The maximum absolute atomic E-state index is 14.7. The molecule has 3 aliphatic heterocycles. The molecule has 10 N–H and O–H groups in total. The number of carbonyl (C=O) groups excluding carboxylic acids is 1. The van der Waals surface area contributed by atoms with Gasteiger partial charge in [-0.1, -0.05) is 32.4 Å². The van der Waals surface area contributed by atoms with Crippen molar-refractivity contribution in [1.29, 1.82) is 0 Å². The van der Waals surface area contributed by atoms with Crippen LogP contribution in [0.3, 0.4) is 0 Å². The molecule has 6 fully saturated rings. The third kappa shape index (κ3) is 7.30. The van der Waals surface area contributed by atoms with E-state index in [2.05, 4.69) is 20.4 Å². The summed E-state index contributed by atoms with van der Waals surface area (Å²) in [5, 5.41) is 105. The number of hydrogen-bond acceptors (Lipinski definition) is 17. The molecule has 17 nitrogen and oxygen atoms in total. The topological polar surface area (TPSA) is 275 Å². The normalized spacial score (nSPS) is 52.6. The first-order chi connectivity index (χ1) is 25.4. The van der Waals surface area contributed by atoms with E-state index >= 15 is 0 Å². The fraction of sp³-hybridized carbons (Fsp3) is 0.919. The molecule has 20 atom stereocenters. The maximum atomic E-state index is 14.7. The first kappa shape index (κ1) is 42.2. The predicted molar refractivity (Wildman–Crippen MR) is 183 cm³/mol. The van der Waals surface area contributed by atoms with Crippen LogP contribution < -0.4 is 0 Å². The SMILES string of the molecule is C=C1CC[C@@H]2[C@](C)(CCC3[C@](C)(C(=O)OC4OC(CO)C(O)C(OC5OC(CO)C(O)C(O)C5O)C4OC4OC(CO)C(O)C(O)C4O)CCC[C@]32C)C1. The zero-order chi connectivity index (χ0) is 39.5. The average molecular weight is 777 g/mol. The standard InChI is InChI=1S/C37H60O17/c1-16-6-7-20-35(2,12-16)11-8-21-36(20,3)9-5-10-37(21,4)34(48)54-33-30(53-32-28(47)26(45)23(42)18(14-39)50-32)29(24(43)19(15-40)51-33)52-31-27(46)25(44)22(41)17(13-38)49-31/h17-33,38-47H,1,5-15H2,2-4H3/t17?,18?,19?,20-,21?,22?,23?,24?,25?,26?,27?,28?,29?,30?,31?,32?,33?,35-,36+,37-/m1/s1. The van der Waals surface area contributed by atoms with E-state index in [4.69, 9.17) is 28.4 Å². The maximum Gasteiger partial charge on any atom is 0.314 e. The van der Waals surface area contributed by atoms with Crippen molar-refractivity contribution in [3.63, 3.8) is 0 Å². The predicted octanol–water partition coefficient (Wildman–Crippen LogP) is -2.05. The molecule has 0 bridgehead atoms. The van der Waals surface area contributed by atoms with Gasteiger partial charge in [0.25, 0.3) is 0 Å². The van der Waals surface area contributed by atoms with Crippen LogP contribution in [0.25, 0.3) is 0 Å². The Kier molecular flexibility index (Phi) is 12.6. The molecule has 17 heteroatoms. The quantitative estimate of drug-likeness (QED) is 0.0891. The first-order valence-corrected chi connectivity index (χ1v) is 19.2.